The van der Waals surface area contributed by atoms with E-state index in [-0.39, 0.29) is 25.2 Å². The number of nitrogens with zero attached hydrogens (tertiary/aromatic N) is 1. The zero-order chi connectivity index (χ0) is 15.2. The van der Waals surface area contributed by atoms with E-state index in [9.17, 15) is 4.79 Å². The molecule has 1 aromatic rings. The number of carbonyl (C=O) groups is 1. The summed E-state index contributed by atoms with van der Waals surface area (Å²) in [5, 5.41) is 17.7. The first-order valence-electron chi connectivity index (χ1n) is 7.29. The van der Waals surface area contributed by atoms with Crippen molar-refractivity contribution in [2.24, 2.45) is 0 Å². The summed E-state index contributed by atoms with van der Waals surface area (Å²) in [5.74, 6) is 5.59. The van der Waals surface area contributed by atoms with Crippen LogP contribution in [0.5, 0.6) is 0 Å². The van der Waals surface area contributed by atoms with Crippen LogP contribution in [0.1, 0.15) is 45.8 Å². The second-order valence-electron chi connectivity index (χ2n) is 5.24. The third kappa shape index (κ3) is 3.85. The first-order chi connectivity index (χ1) is 10.2. The third-order valence-electron chi connectivity index (χ3n) is 3.74. The summed E-state index contributed by atoms with van der Waals surface area (Å²) in [4.78, 5) is 16.1. The molecule has 1 aliphatic heterocycles. The van der Waals surface area contributed by atoms with E-state index < -0.39 is 0 Å². The molecule has 1 saturated heterocycles. The van der Waals surface area contributed by atoms with Crippen LogP contribution in [-0.2, 0) is 0 Å². The summed E-state index contributed by atoms with van der Waals surface area (Å²) < 4.78 is 0. The monoisotopic (exact) mass is 307 g/mol. The maximum atomic E-state index is 12.6. The summed E-state index contributed by atoms with van der Waals surface area (Å²) in [6, 6.07) is 2.13. The number of rotatable bonds is 4. The van der Waals surface area contributed by atoms with Gasteiger partial charge in [0, 0.05) is 19.2 Å². The summed E-state index contributed by atoms with van der Waals surface area (Å²) in [6.07, 6.45) is 3.66. The van der Waals surface area contributed by atoms with Crippen LogP contribution in [0.25, 0.3) is 0 Å². The summed E-state index contributed by atoms with van der Waals surface area (Å²) in [7, 11) is 0. The van der Waals surface area contributed by atoms with E-state index in [0.29, 0.717) is 4.88 Å². The van der Waals surface area contributed by atoms with Crippen molar-refractivity contribution in [2.75, 3.05) is 19.8 Å². The van der Waals surface area contributed by atoms with Crippen LogP contribution in [0.2, 0.25) is 0 Å². The molecule has 21 heavy (non-hydrogen) atoms. The zero-order valence-corrected chi connectivity index (χ0v) is 13.1. The molecule has 114 valence electrons. The van der Waals surface area contributed by atoms with Crippen molar-refractivity contribution in [2.45, 2.75) is 38.6 Å². The van der Waals surface area contributed by atoms with Crippen LogP contribution in [0.15, 0.2) is 6.07 Å². The molecule has 0 aliphatic carbocycles. The maximum Gasteiger partial charge on any atom is 0.264 e. The lowest BCUT2D eigenvalue weighted by Gasteiger charge is -2.24. The molecule has 1 atom stereocenters. The largest absolute Gasteiger partial charge is 0.396 e. The van der Waals surface area contributed by atoms with E-state index in [1.54, 1.807) is 0 Å². The van der Waals surface area contributed by atoms with E-state index in [1.165, 1.54) is 11.3 Å². The Bertz CT molecular complexity index is 556. The summed E-state index contributed by atoms with van der Waals surface area (Å²) in [5.41, 5.74) is 0.982. The van der Waals surface area contributed by atoms with Gasteiger partial charge in [-0.25, -0.2) is 0 Å². The molecule has 0 spiro atoms. The predicted octanol–water partition coefficient (Wildman–Crippen LogP) is 1.78. The third-order valence-corrected chi connectivity index (χ3v) is 4.88. The molecule has 1 amide bonds. The number of hydrogen-bond donors (Lipinski definition) is 2. The second kappa shape index (κ2) is 7.60. The fourth-order valence-corrected chi connectivity index (χ4v) is 3.71. The lowest BCUT2D eigenvalue weighted by molar-refractivity contribution is 0.0729. The molecule has 5 heteroatoms. The Kier molecular flexibility index (Phi) is 5.80. The Morgan fingerprint density at radius 3 is 3.05 bits per heavy atom. The molecule has 4 nitrogen and oxygen atoms in total. The van der Waals surface area contributed by atoms with Gasteiger partial charge < -0.3 is 15.1 Å². The van der Waals surface area contributed by atoms with Gasteiger partial charge in [-0.05, 0) is 44.2 Å². The fraction of sp³-hybridized carbons (Fsp3) is 0.562. The Morgan fingerprint density at radius 1 is 1.52 bits per heavy atom. The number of amides is 1. The highest BCUT2D eigenvalue weighted by molar-refractivity contribution is 7.14. The highest BCUT2D eigenvalue weighted by Crippen LogP contribution is 2.27. The first-order valence-corrected chi connectivity index (χ1v) is 8.11. The van der Waals surface area contributed by atoms with E-state index >= 15 is 0 Å². The average Bonchev–Trinajstić information content (AvgIpc) is 3.09. The molecule has 2 heterocycles. The maximum absolute atomic E-state index is 12.6. The predicted molar refractivity (Wildman–Crippen MR) is 83.4 cm³/mol. The molecule has 0 saturated carbocycles. The number of thiophene rings is 1. The van der Waals surface area contributed by atoms with Crippen LogP contribution in [0, 0.1) is 18.8 Å². The molecule has 1 aromatic heterocycles. The van der Waals surface area contributed by atoms with Crippen LogP contribution >= 0.6 is 11.3 Å². The lowest BCUT2D eigenvalue weighted by atomic mass is 10.1. The summed E-state index contributed by atoms with van der Waals surface area (Å²) >= 11 is 1.39. The van der Waals surface area contributed by atoms with Crippen LogP contribution in [0.4, 0.5) is 0 Å². The highest BCUT2D eigenvalue weighted by atomic mass is 32.1. The number of hydrogen-bond acceptors (Lipinski definition) is 4. The van der Waals surface area contributed by atoms with Gasteiger partial charge in [-0.2, -0.15) is 0 Å². The highest BCUT2D eigenvalue weighted by Gasteiger charge is 2.29. The van der Waals surface area contributed by atoms with E-state index in [2.05, 4.69) is 11.8 Å². The number of aliphatic hydroxyl groups excluding tert-OH is 2. The van der Waals surface area contributed by atoms with Gasteiger partial charge in [-0.15, -0.1) is 11.3 Å². The molecule has 2 rings (SSSR count). The van der Waals surface area contributed by atoms with E-state index in [0.717, 1.165) is 42.7 Å². The van der Waals surface area contributed by atoms with Crippen LogP contribution in [0.3, 0.4) is 0 Å². The lowest BCUT2D eigenvalue weighted by Crippen LogP contribution is -2.35. The average molecular weight is 307 g/mol. The van der Waals surface area contributed by atoms with Crippen molar-refractivity contribution in [3.8, 4) is 11.8 Å². The molecule has 0 radical (unpaired) electrons. The number of likely N-dealkylation sites (tertiary alicyclic amines) is 1. The Morgan fingerprint density at radius 2 is 2.33 bits per heavy atom. The van der Waals surface area contributed by atoms with Gasteiger partial charge >= 0.3 is 0 Å². The fourth-order valence-electron chi connectivity index (χ4n) is 2.70. The van der Waals surface area contributed by atoms with Crippen molar-refractivity contribution in [3.63, 3.8) is 0 Å². The second-order valence-corrected chi connectivity index (χ2v) is 6.30. The van der Waals surface area contributed by atoms with Gasteiger partial charge in [-0.1, -0.05) is 11.8 Å². The van der Waals surface area contributed by atoms with Crippen molar-refractivity contribution < 1.29 is 15.0 Å². The molecule has 2 N–H and O–H groups in total. The number of aryl methyl sites for hydroxylation is 1. The SMILES string of the molecule is Cc1cc(C(=O)N2CCCC2CCCO)sc1C#CCO. The molecule has 1 unspecified atom stereocenters. The minimum Gasteiger partial charge on any atom is -0.396 e. The van der Waals surface area contributed by atoms with Gasteiger partial charge in [0.15, 0.2) is 0 Å². The van der Waals surface area contributed by atoms with Gasteiger partial charge in [0.1, 0.15) is 6.61 Å². The van der Waals surface area contributed by atoms with Crippen LogP contribution in [-0.4, -0.2) is 46.8 Å². The van der Waals surface area contributed by atoms with Gasteiger partial charge in [0.25, 0.3) is 5.91 Å². The molecule has 0 aromatic carbocycles. The first kappa shape index (κ1) is 16.0. The molecular weight excluding hydrogens is 286 g/mol. The van der Waals surface area contributed by atoms with Crippen molar-refractivity contribution in [3.05, 3.63) is 21.4 Å². The number of carbonyl (C=O) groups excluding carboxylic acids is 1. The molecule has 1 fully saturated rings. The Hall–Kier alpha value is -1.35. The van der Waals surface area contributed by atoms with Crippen molar-refractivity contribution in [1.29, 1.82) is 0 Å². The normalized spacial score (nSPS) is 17.7. The summed E-state index contributed by atoms with van der Waals surface area (Å²) in [6.45, 7) is 2.74. The van der Waals surface area contributed by atoms with Crippen molar-refractivity contribution >= 4 is 17.2 Å². The standard InChI is InChI=1S/C16H21NO3S/c1-12-11-15(21-14(12)7-4-10-19)16(20)17-8-2-5-13(17)6-3-9-18/h11,13,18-19H,2-3,5-6,8-10H2,1H3. The van der Waals surface area contributed by atoms with Crippen molar-refractivity contribution in [1.82, 2.24) is 4.90 Å². The van der Waals surface area contributed by atoms with Gasteiger partial charge in [0.2, 0.25) is 0 Å². The van der Waals surface area contributed by atoms with Gasteiger partial charge in [0.05, 0.1) is 9.75 Å². The minimum atomic E-state index is -0.171. The molecule has 1 aliphatic rings. The van der Waals surface area contributed by atoms with Gasteiger partial charge in [-0.3, -0.25) is 4.79 Å². The smallest absolute Gasteiger partial charge is 0.264 e. The zero-order valence-electron chi connectivity index (χ0n) is 12.3. The molecule has 0 bridgehead atoms. The minimum absolute atomic E-state index is 0.0700. The molecular formula is C16H21NO3S. The Balaban J connectivity index is 2.12. The number of aliphatic hydroxyl groups is 2. The Labute approximate surface area is 129 Å². The van der Waals surface area contributed by atoms with E-state index in [4.69, 9.17) is 10.2 Å². The van der Waals surface area contributed by atoms with E-state index in [1.807, 2.05) is 17.9 Å². The van der Waals surface area contributed by atoms with Crippen LogP contribution < -0.4 is 0 Å². The quantitative estimate of drug-likeness (QED) is 0.834. The topological polar surface area (TPSA) is 60.8 Å².